The number of carbonyl (C=O) groups excluding carboxylic acids is 1. The fourth-order valence-corrected chi connectivity index (χ4v) is 2.52. The highest BCUT2D eigenvalue weighted by Gasteiger charge is 2.19. The molecule has 1 saturated carbocycles. The van der Waals surface area contributed by atoms with E-state index in [0.717, 1.165) is 32.1 Å². The first kappa shape index (κ1) is 12.2. The van der Waals surface area contributed by atoms with E-state index in [2.05, 4.69) is 37.4 Å². The average molecular weight is 231 g/mol. The summed E-state index contributed by atoms with van der Waals surface area (Å²) in [6, 6.07) is 6.92. The lowest BCUT2D eigenvalue weighted by Gasteiger charge is -2.25. The number of para-hydroxylation sites is 1. The van der Waals surface area contributed by atoms with Gasteiger partial charge in [-0.25, -0.2) is 0 Å². The lowest BCUT2D eigenvalue weighted by atomic mass is 9.93. The van der Waals surface area contributed by atoms with Gasteiger partial charge in [0.15, 0.2) is 0 Å². The molecule has 0 aromatic heterocycles. The van der Waals surface area contributed by atoms with Crippen molar-refractivity contribution < 1.29 is 4.79 Å². The van der Waals surface area contributed by atoms with Crippen molar-refractivity contribution in [3.05, 3.63) is 29.3 Å². The maximum atomic E-state index is 11.2. The maximum absolute atomic E-state index is 11.2. The zero-order valence-electron chi connectivity index (χ0n) is 10.8. The smallest absolute Gasteiger partial charge is 0.133 e. The summed E-state index contributed by atoms with van der Waals surface area (Å²) in [6.45, 7) is 4.33. The van der Waals surface area contributed by atoms with E-state index in [0.29, 0.717) is 11.8 Å². The van der Waals surface area contributed by atoms with Gasteiger partial charge in [-0.3, -0.25) is 4.79 Å². The highest BCUT2D eigenvalue weighted by Crippen LogP contribution is 2.25. The number of rotatable bonds is 3. The molecular formula is C15H21NO. The SMILES string of the molecule is CCc1cccc(C)c1NC1CCC(=O)CC1. The van der Waals surface area contributed by atoms with Crippen LogP contribution in [0.4, 0.5) is 5.69 Å². The normalized spacial score (nSPS) is 17.2. The van der Waals surface area contributed by atoms with Gasteiger partial charge >= 0.3 is 0 Å². The highest BCUT2D eigenvalue weighted by atomic mass is 16.1. The number of hydrogen-bond acceptors (Lipinski definition) is 2. The molecular weight excluding hydrogens is 210 g/mol. The van der Waals surface area contributed by atoms with Crippen molar-refractivity contribution >= 4 is 11.5 Å². The summed E-state index contributed by atoms with van der Waals surface area (Å²) in [5.41, 5.74) is 3.97. The lowest BCUT2D eigenvalue weighted by molar-refractivity contribution is -0.120. The molecule has 2 heteroatoms. The summed E-state index contributed by atoms with van der Waals surface area (Å²) in [7, 11) is 0. The Morgan fingerprint density at radius 2 is 2.00 bits per heavy atom. The predicted octanol–water partition coefficient (Wildman–Crippen LogP) is 3.48. The molecule has 1 aromatic rings. The number of ketones is 1. The average Bonchev–Trinajstić information content (AvgIpc) is 2.34. The van der Waals surface area contributed by atoms with Crippen LogP contribution in [0.2, 0.25) is 0 Å². The minimum absolute atomic E-state index is 0.420. The van der Waals surface area contributed by atoms with Crippen molar-refractivity contribution in [1.29, 1.82) is 0 Å². The van der Waals surface area contributed by atoms with Crippen LogP contribution in [0.25, 0.3) is 0 Å². The molecule has 1 aliphatic rings. The molecule has 1 N–H and O–H groups in total. The van der Waals surface area contributed by atoms with E-state index >= 15 is 0 Å². The van der Waals surface area contributed by atoms with Gasteiger partial charge in [0.25, 0.3) is 0 Å². The summed E-state index contributed by atoms with van der Waals surface area (Å²) in [5.74, 6) is 0.420. The van der Waals surface area contributed by atoms with E-state index in [1.807, 2.05) is 0 Å². The molecule has 0 spiro atoms. The Hall–Kier alpha value is -1.31. The fraction of sp³-hybridized carbons (Fsp3) is 0.533. The monoisotopic (exact) mass is 231 g/mol. The Morgan fingerprint density at radius 3 is 2.65 bits per heavy atom. The number of anilines is 1. The van der Waals surface area contributed by atoms with E-state index in [4.69, 9.17) is 0 Å². The van der Waals surface area contributed by atoms with E-state index in [1.54, 1.807) is 0 Å². The predicted molar refractivity (Wildman–Crippen MR) is 71.4 cm³/mol. The second-order valence-electron chi connectivity index (χ2n) is 4.92. The Bertz CT molecular complexity index is 401. The van der Waals surface area contributed by atoms with Crippen LogP contribution in [-0.4, -0.2) is 11.8 Å². The van der Waals surface area contributed by atoms with Gasteiger partial charge in [-0.15, -0.1) is 0 Å². The van der Waals surface area contributed by atoms with Crippen LogP contribution in [0.3, 0.4) is 0 Å². The van der Waals surface area contributed by atoms with Gasteiger partial charge in [0.2, 0.25) is 0 Å². The number of Topliss-reactive ketones (excluding diaryl/α,β-unsaturated/α-hetero) is 1. The number of aryl methyl sites for hydroxylation is 2. The van der Waals surface area contributed by atoms with Crippen molar-refractivity contribution in [2.45, 2.75) is 52.0 Å². The van der Waals surface area contributed by atoms with Gasteiger partial charge < -0.3 is 5.32 Å². The second-order valence-corrected chi connectivity index (χ2v) is 4.92. The molecule has 0 radical (unpaired) electrons. The van der Waals surface area contributed by atoms with Gasteiger partial charge in [0, 0.05) is 24.6 Å². The van der Waals surface area contributed by atoms with Gasteiger partial charge in [-0.2, -0.15) is 0 Å². The number of carbonyl (C=O) groups is 1. The zero-order chi connectivity index (χ0) is 12.3. The van der Waals surface area contributed by atoms with Crippen LogP contribution in [0.15, 0.2) is 18.2 Å². The van der Waals surface area contributed by atoms with Crippen LogP contribution in [0, 0.1) is 6.92 Å². The summed E-state index contributed by atoms with van der Waals surface area (Å²) >= 11 is 0. The third-order valence-corrected chi connectivity index (χ3v) is 3.63. The Kier molecular flexibility index (Phi) is 3.82. The fourth-order valence-electron chi connectivity index (χ4n) is 2.52. The van der Waals surface area contributed by atoms with Gasteiger partial charge in [-0.05, 0) is 37.3 Å². The Morgan fingerprint density at radius 1 is 1.29 bits per heavy atom. The Labute approximate surface area is 103 Å². The summed E-state index contributed by atoms with van der Waals surface area (Å²) in [6.07, 6.45) is 4.50. The van der Waals surface area contributed by atoms with Crippen molar-refractivity contribution in [2.75, 3.05) is 5.32 Å². The number of nitrogens with one attached hydrogen (secondary N) is 1. The molecule has 17 heavy (non-hydrogen) atoms. The van der Waals surface area contributed by atoms with Crippen LogP contribution >= 0.6 is 0 Å². The van der Waals surface area contributed by atoms with Crippen LogP contribution in [0.1, 0.15) is 43.7 Å². The van der Waals surface area contributed by atoms with E-state index in [9.17, 15) is 4.79 Å². The molecule has 0 atom stereocenters. The van der Waals surface area contributed by atoms with E-state index in [-0.39, 0.29) is 0 Å². The van der Waals surface area contributed by atoms with Gasteiger partial charge in [0.1, 0.15) is 5.78 Å². The maximum Gasteiger partial charge on any atom is 0.133 e. The molecule has 2 nitrogen and oxygen atoms in total. The third-order valence-electron chi connectivity index (χ3n) is 3.63. The largest absolute Gasteiger partial charge is 0.382 e. The highest BCUT2D eigenvalue weighted by molar-refractivity contribution is 5.79. The summed E-state index contributed by atoms with van der Waals surface area (Å²) in [4.78, 5) is 11.2. The molecule has 0 amide bonds. The molecule has 0 heterocycles. The van der Waals surface area contributed by atoms with Crippen LogP contribution < -0.4 is 5.32 Å². The summed E-state index contributed by atoms with van der Waals surface area (Å²) < 4.78 is 0. The molecule has 92 valence electrons. The topological polar surface area (TPSA) is 29.1 Å². The quantitative estimate of drug-likeness (QED) is 0.863. The molecule has 0 saturated heterocycles. The summed E-state index contributed by atoms with van der Waals surface area (Å²) in [5, 5.41) is 3.64. The first-order chi connectivity index (χ1) is 8.20. The molecule has 0 unspecified atom stereocenters. The van der Waals surface area contributed by atoms with Crippen molar-refractivity contribution in [2.24, 2.45) is 0 Å². The first-order valence-corrected chi connectivity index (χ1v) is 6.57. The first-order valence-electron chi connectivity index (χ1n) is 6.57. The van der Waals surface area contributed by atoms with Crippen molar-refractivity contribution in [3.63, 3.8) is 0 Å². The van der Waals surface area contributed by atoms with Crippen LogP contribution in [-0.2, 0) is 11.2 Å². The minimum atomic E-state index is 0.420. The number of hydrogen-bond donors (Lipinski definition) is 1. The molecule has 1 aromatic carbocycles. The molecule has 0 aliphatic heterocycles. The van der Waals surface area contributed by atoms with E-state index in [1.165, 1.54) is 16.8 Å². The molecule has 2 rings (SSSR count). The molecule has 0 bridgehead atoms. The Balaban J connectivity index is 2.10. The van der Waals surface area contributed by atoms with Crippen LogP contribution in [0.5, 0.6) is 0 Å². The molecule has 1 fully saturated rings. The van der Waals surface area contributed by atoms with Gasteiger partial charge in [0.05, 0.1) is 0 Å². The number of benzene rings is 1. The third kappa shape index (κ3) is 2.87. The van der Waals surface area contributed by atoms with Crippen molar-refractivity contribution in [1.82, 2.24) is 0 Å². The van der Waals surface area contributed by atoms with Gasteiger partial charge in [-0.1, -0.05) is 25.1 Å². The lowest BCUT2D eigenvalue weighted by Crippen LogP contribution is -2.26. The molecule has 1 aliphatic carbocycles. The standard InChI is InChI=1S/C15H21NO/c1-3-12-6-4-5-11(2)15(12)16-13-7-9-14(17)10-8-13/h4-6,13,16H,3,7-10H2,1-2H3. The second kappa shape index (κ2) is 5.35. The minimum Gasteiger partial charge on any atom is -0.382 e. The zero-order valence-corrected chi connectivity index (χ0v) is 10.8. The van der Waals surface area contributed by atoms with Crippen molar-refractivity contribution in [3.8, 4) is 0 Å². The van der Waals surface area contributed by atoms with E-state index < -0.39 is 0 Å².